The summed E-state index contributed by atoms with van der Waals surface area (Å²) in [4.78, 5) is 15.4. The van der Waals surface area contributed by atoms with Crippen molar-refractivity contribution in [2.45, 2.75) is 19.4 Å². The molecule has 2 heterocycles. The van der Waals surface area contributed by atoms with E-state index in [1.165, 1.54) is 5.56 Å². The number of rotatable bonds is 5. The first-order valence-electron chi connectivity index (χ1n) is 5.69. The number of hydrogen-bond acceptors (Lipinski definition) is 4. The van der Waals surface area contributed by atoms with Gasteiger partial charge in [0.25, 0.3) is 5.91 Å². The third-order valence-electron chi connectivity index (χ3n) is 2.58. The molecule has 0 aliphatic carbocycles. The molecule has 4 nitrogen and oxygen atoms in total. The smallest absolute Gasteiger partial charge is 0.252 e. The van der Waals surface area contributed by atoms with Crippen molar-refractivity contribution in [2.75, 3.05) is 5.32 Å². The molecule has 1 unspecified atom stereocenters. The van der Waals surface area contributed by atoms with Crippen molar-refractivity contribution >= 4 is 23.1 Å². The zero-order valence-electron chi connectivity index (χ0n) is 10.1. The fourth-order valence-electron chi connectivity index (χ4n) is 1.77. The summed E-state index contributed by atoms with van der Waals surface area (Å²) in [7, 11) is 0. The van der Waals surface area contributed by atoms with Gasteiger partial charge in [-0.05, 0) is 47.9 Å². The van der Waals surface area contributed by atoms with Gasteiger partial charge in [-0.2, -0.15) is 11.3 Å². The molecule has 2 rings (SSSR count). The quantitative estimate of drug-likeness (QED) is 0.867. The molecule has 18 heavy (non-hydrogen) atoms. The first kappa shape index (κ1) is 12.6. The van der Waals surface area contributed by atoms with Crippen molar-refractivity contribution in [3.05, 3.63) is 46.3 Å². The number of nitrogens with zero attached hydrogens (tertiary/aromatic N) is 1. The number of pyridine rings is 1. The van der Waals surface area contributed by atoms with Crippen molar-refractivity contribution in [1.29, 1.82) is 0 Å². The van der Waals surface area contributed by atoms with Gasteiger partial charge in [0.1, 0.15) is 5.82 Å². The second-order valence-corrected chi connectivity index (χ2v) is 4.92. The van der Waals surface area contributed by atoms with Gasteiger partial charge in [0.15, 0.2) is 0 Å². The molecule has 0 aliphatic rings. The molecule has 0 aromatic carbocycles. The van der Waals surface area contributed by atoms with E-state index in [0.29, 0.717) is 11.4 Å². The predicted octanol–water partition coefficient (Wildman–Crippen LogP) is 2.29. The van der Waals surface area contributed by atoms with E-state index >= 15 is 0 Å². The van der Waals surface area contributed by atoms with Crippen molar-refractivity contribution in [2.24, 2.45) is 5.73 Å². The van der Waals surface area contributed by atoms with Gasteiger partial charge < -0.3 is 11.1 Å². The number of nitrogens with one attached hydrogen (secondary N) is 1. The second-order valence-electron chi connectivity index (χ2n) is 4.14. The zero-order valence-corrected chi connectivity index (χ0v) is 10.9. The fourth-order valence-corrected chi connectivity index (χ4v) is 2.45. The number of anilines is 1. The minimum atomic E-state index is -0.465. The number of carbonyl (C=O) groups excluding carboxylic acids is 1. The molecular weight excluding hydrogens is 246 g/mol. The molecule has 1 atom stereocenters. The van der Waals surface area contributed by atoms with Crippen LogP contribution in [0.2, 0.25) is 0 Å². The predicted molar refractivity (Wildman–Crippen MR) is 73.9 cm³/mol. The van der Waals surface area contributed by atoms with E-state index in [9.17, 15) is 4.79 Å². The van der Waals surface area contributed by atoms with Crippen molar-refractivity contribution in [3.8, 4) is 0 Å². The molecule has 0 radical (unpaired) electrons. The number of hydrogen-bond donors (Lipinski definition) is 2. The van der Waals surface area contributed by atoms with Gasteiger partial charge >= 0.3 is 0 Å². The van der Waals surface area contributed by atoms with Gasteiger partial charge in [0, 0.05) is 12.2 Å². The minimum Gasteiger partial charge on any atom is -0.367 e. The lowest BCUT2D eigenvalue weighted by molar-refractivity contribution is 0.100. The Morgan fingerprint density at radius 1 is 1.56 bits per heavy atom. The average molecular weight is 261 g/mol. The number of thiophene rings is 1. The van der Waals surface area contributed by atoms with Crippen LogP contribution in [0.15, 0.2) is 35.2 Å². The minimum absolute atomic E-state index is 0.188. The van der Waals surface area contributed by atoms with Crippen LogP contribution in [0.3, 0.4) is 0 Å². The van der Waals surface area contributed by atoms with Crippen molar-refractivity contribution < 1.29 is 4.79 Å². The third kappa shape index (κ3) is 3.07. The van der Waals surface area contributed by atoms with Crippen LogP contribution in [0.25, 0.3) is 0 Å². The Morgan fingerprint density at radius 2 is 2.39 bits per heavy atom. The molecule has 5 heteroatoms. The SMILES string of the molecule is CC(Cc1ccsc1)Nc1ncccc1C(N)=O. The first-order valence-corrected chi connectivity index (χ1v) is 6.63. The molecule has 0 spiro atoms. The molecule has 2 aromatic heterocycles. The Morgan fingerprint density at radius 3 is 3.06 bits per heavy atom. The topological polar surface area (TPSA) is 68.0 Å². The van der Waals surface area contributed by atoms with Gasteiger partial charge in [0.2, 0.25) is 0 Å². The Balaban J connectivity index is 2.07. The molecule has 3 N–H and O–H groups in total. The van der Waals surface area contributed by atoms with Crippen LogP contribution in [0.4, 0.5) is 5.82 Å². The Kier molecular flexibility index (Phi) is 3.94. The van der Waals surface area contributed by atoms with Gasteiger partial charge in [-0.3, -0.25) is 4.79 Å². The number of aromatic nitrogens is 1. The van der Waals surface area contributed by atoms with E-state index in [-0.39, 0.29) is 6.04 Å². The van der Waals surface area contributed by atoms with Crippen LogP contribution in [0.5, 0.6) is 0 Å². The molecular formula is C13H15N3OS. The Labute approximate surface area is 110 Å². The molecule has 94 valence electrons. The van der Waals surface area contributed by atoms with Crippen LogP contribution in [-0.2, 0) is 6.42 Å². The van der Waals surface area contributed by atoms with E-state index in [2.05, 4.69) is 34.1 Å². The lowest BCUT2D eigenvalue weighted by Gasteiger charge is -2.15. The van der Waals surface area contributed by atoms with E-state index < -0.39 is 5.91 Å². The monoisotopic (exact) mass is 261 g/mol. The maximum Gasteiger partial charge on any atom is 0.252 e. The number of amides is 1. The molecule has 0 fully saturated rings. The van der Waals surface area contributed by atoms with E-state index in [0.717, 1.165) is 6.42 Å². The average Bonchev–Trinajstić information content (AvgIpc) is 2.82. The highest BCUT2D eigenvalue weighted by molar-refractivity contribution is 7.07. The molecule has 0 saturated carbocycles. The number of primary amides is 1. The molecule has 0 bridgehead atoms. The highest BCUT2D eigenvalue weighted by Gasteiger charge is 2.11. The summed E-state index contributed by atoms with van der Waals surface area (Å²) in [5, 5.41) is 7.39. The van der Waals surface area contributed by atoms with E-state index in [4.69, 9.17) is 5.73 Å². The maximum absolute atomic E-state index is 11.3. The van der Waals surface area contributed by atoms with Gasteiger partial charge in [-0.25, -0.2) is 4.98 Å². The summed E-state index contributed by atoms with van der Waals surface area (Å²) in [6.45, 7) is 2.05. The summed E-state index contributed by atoms with van der Waals surface area (Å²) in [6.07, 6.45) is 2.53. The van der Waals surface area contributed by atoms with E-state index in [1.807, 2.05) is 0 Å². The highest BCUT2D eigenvalue weighted by Crippen LogP contribution is 2.15. The van der Waals surface area contributed by atoms with Crippen molar-refractivity contribution in [1.82, 2.24) is 4.98 Å². The second kappa shape index (κ2) is 5.64. The first-order chi connectivity index (χ1) is 8.66. The van der Waals surface area contributed by atoms with Crippen LogP contribution >= 0.6 is 11.3 Å². The summed E-state index contributed by atoms with van der Waals surface area (Å²) in [6, 6.07) is 5.66. The normalized spacial score (nSPS) is 12.1. The fraction of sp³-hybridized carbons (Fsp3) is 0.231. The summed E-state index contributed by atoms with van der Waals surface area (Å²) < 4.78 is 0. The van der Waals surface area contributed by atoms with Gasteiger partial charge in [0.05, 0.1) is 5.56 Å². The van der Waals surface area contributed by atoms with E-state index in [1.54, 1.807) is 29.7 Å². The number of nitrogens with two attached hydrogens (primary N) is 1. The highest BCUT2D eigenvalue weighted by atomic mass is 32.1. The molecule has 0 aliphatic heterocycles. The lowest BCUT2D eigenvalue weighted by atomic mass is 10.1. The Hall–Kier alpha value is -1.88. The van der Waals surface area contributed by atoms with Crippen LogP contribution in [-0.4, -0.2) is 16.9 Å². The van der Waals surface area contributed by atoms with Crippen LogP contribution in [0, 0.1) is 0 Å². The standard InChI is InChI=1S/C13H15N3OS/c1-9(7-10-4-6-18-8-10)16-13-11(12(14)17)3-2-5-15-13/h2-6,8-9H,7H2,1H3,(H2,14,17)(H,15,16). The largest absolute Gasteiger partial charge is 0.367 e. The molecule has 2 aromatic rings. The zero-order chi connectivity index (χ0) is 13.0. The van der Waals surface area contributed by atoms with Gasteiger partial charge in [-0.15, -0.1) is 0 Å². The lowest BCUT2D eigenvalue weighted by Crippen LogP contribution is -2.22. The molecule has 1 amide bonds. The van der Waals surface area contributed by atoms with Crippen molar-refractivity contribution in [3.63, 3.8) is 0 Å². The number of carbonyl (C=O) groups is 1. The van der Waals surface area contributed by atoms with Crippen LogP contribution in [0.1, 0.15) is 22.8 Å². The Bertz CT molecular complexity index is 525. The van der Waals surface area contributed by atoms with Gasteiger partial charge in [-0.1, -0.05) is 0 Å². The summed E-state index contributed by atoms with van der Waals surface area (Å²) >= 11 is 1.68. The summed E-state index contributed by atoms with van der Waals surface area (Å²) in [5.74, 6) is 0.0843. The summed E-state index contributed by atoms with van der Waals surface area (Å²) in [5.41, 5.74) is 7.01. The van der Waals surface area contributed by atoms with Crippen LogP contribution < -0.4 is 11.1 Å². The molecule has 0 saturated heterocycles. The maximum atomic E-state index is 11.3. The third-order valence-corrected chi connectivity index (χ3v) is 3.31.